The van der Waals surface area contributed by atoms with Crippen molar-refractivity contribution in [2.45, 2.75) is 26.3 Å². The van der Waals surface area contributed by atoms with Gasteiger partial charge >= 0.3 is 0 Å². The Balaban J connectivity index is 0.00000294. The van der Waals surface area contributed by atoms with Crippen LogP contribution in [-0.2, 0) is 0 Å². The van der Waals surface area contributed by atoms with Crippen LogP contribution >= 0.6 is 12.4 Å². The molecular formula is C25H26ClFN10O. The largest absolute Gasteiger partial charge is 0.457 e. The molecule has 1 aromatic carbocycles. The van der Waals surface area contributed by atoms with Crippen molar-refractivity contribution >= 4 is 46.5 Å². The molecule has 2 N–H and O–H groups in total. The van der Waals surface area contributed by atoms with Gasteiger partial charge in [0.05, 0.1) is 11.9 Å². The van der Waals surface area contributed by atoms with E-state index in [1.54, 1.807) is 48.1 Å². The van der Waals surface area contributed by atoms with E-state index >= 15 is 4.39 Å². The summed E-state index contributed by atoms with van der Waals surface area (Å²) in [6.07, 6.45) is 6.27. The summed E-state index contributed by atoms with van der Waals surface area (Å²) in [6, 6.07) is 6.80. The maximum absolute atomic E-state index is 15.4. The standard InChI is InChI=1S/C25H25FN10O.ClH/c1-15-19(37-16-6-8-36-20(10-16)29-14-32-36)5-4-17(21(15)26)33-23-22-18(28-13-30-23)11-27-24(34-22)35-9-7-31-25(2,3)12-35;/h4-6,8,10-11,13-14,31H,7,9,12H2,1-3H3,(H,28,30,33);1H. The van der Waals surface area contributed by atoms with Crippen LogP contribution in [0.1, 0.15) is 19.4 Å². The number of aromatic nitrogens is 7. The molecule has 0 radical (unpaired) electrons. The van der Waals surface area contributed by atoms with Crippen LogP contribution in [0.2, 0.25) is 0 Å². The van der Waals surface area contributed by atoms with Gasteiger partial charge in [0.15, 0.2) is 17.3 Å². The third-order valence-electron chi connectivity index (χ3n) is 6.29. The van der Waals surface area contributed by atoms with Gasteiger partial charge in [0, 0.05) is 43.0 Å². The fourth-order valence-corrected chi connectivity index (χ4v) is 4.39. The van der Waals surface area contributed by atoms with Gasteiger partial charge in [0.25, 0.3) is 0 Å². The summed E-state index contributed by atoms with van der Waals surface area (Å²) >= 11 is 0. The fourth-order valence-electron chi connectivity index (χ4n) is 4.39. The minimum absolute atomic E-state index is 0. The molecule has 0 atom stereocenters. The topological polar surface area (TPSA) is 118 Å². The highest BCUT2D eigenvalue weighted by atomic mass is 35.5. The van der Waals surface area contributed by atoms with Crippen LogP contribution in [0.25, 0.3) is 16.7 Å². The summed E-state index contributed by atoms with van der Waals surface area (Å²) in [7, 11) is 0. The van der Waals surface area contributed by atoms with Crippen molar-refractivity contribution < 1.29 is 9.13 Å². The van der Waals surface area contributed by atoms with Crippen molar-refractivity contribution in [1.29, 1.82) is 0 Å². The first kappa shape index (κ1) is 25.5. The lowest BCUT2D eigenvalue weighted by atomic mass is 10.0. The number of piperazine rings is 1. The van der Waals surface area contributed by atoms with Crippen LogP contribution in [0.4, 0.5) is 21.8 Å². The molecule has 0 spiro atoms. The Hall–Kier alpha value is -4.16. The molecule has 0 unspecified atom stereocenters. The molecule has 0 saturated carbocycles. The molecule has 13 heteroatoms. The minimum Gasteiger partial charge on any atom is -0.457 e. The van der Waals surface area contributed by atoms with Crippen molar-refractivity contribution in [2.75, 3.05) is 29.9 Å². The quantitative estimate of drug-likeness (QED) is 0.340. The fraction of sp³-hybridized carbons (Fsp3) is 0.280. The number of benzene rings is 1. The van der Waals surface area contributed by atoms with E-state index in [4.69, 9.17) is 9.72 Å². The number of fused-ring (bicyclic) bond motifs is 2. The first-order valence-electron chi connectivity index (χ1n) is 11.9. The molecule has 1 aliphatic heterocycles. The summed E-state index contributed by atoms with van der Waals surface area (Å²) < 4.78 is 23.0. The molecule has 38 heavy (non-hydrogen) atoms. The lowest BCUT2D eigenvalue weighted by Gasteiger charge is -2.39. The smallest absolute Gasteiger partial charge is 0.226 e. The third-order valence-corrected chi connectivity index (χ3v) is 6.29. The van der Waals surface area contributed by atoms with Crippen LogP contribution in [0, 0.1) is 12.7 Å². The number of anilines is 3. The van der Waals surface area contributed by atoms with Crippen molar-refractivity contribution in [2.24, 2.45) is 0 Å². The van der Waals surface area contributed by atoms with Crippen molar-refractivity contribution in [3.05, 3.63) is 60.7 Å². The summed E-state index contributed by atoms with van der Waals surface area (Å²) in [5.41, 5.74) is 2.26. The zero-order chi connectivity index (χ0) is 25.6. The van der Waals surface area contributed by atoms with Gasteiger partial charge in [-0.05, 0) is 39.0 Å². The lowest BCUT2D eigenvalue weighted by Crippen LogP contribution is -2.57. The highest BCUT2D eigenvalue weighted by molar-refractivity contribution is 5.87. The lowest BCUT2D eigenvalue weighted by molar-refractivity contribution is 0.350. The van der Waals surface area contributed by atoms with Gasteiger partial charge in [-0.2, -0.15) is 5.10 Å². The Bertz CT molecular complexity index is 1630. The zero-order valence-electron chi connectivity index (χ0n) is 21.0. The molecule has 4 aromatic heterocycles. The van der Waals surface area contributed by atoms with Crippen LogP contribution in [-0.4, -0.2) is 59.7 Å². The molecule has 11 nitrogen and oxygen atoms in total. The number of hydrogen-bond donors (Lipinski definition) is 2. The van der Waals surface area contributed by atoms with E-state index in [0.717, 1.165) is 19.6 Å². The zero-order valence-corrected chi connectivity index (χ0v) is 21.8. The molecule has 6 rings (SSSR count). The van der Waals surface area contributed by atoms with E-state index < -0.39 is 5.82 Å². The van der Waals surface area contributed by atoms with Crippen LogP contribution in [0.5, 0.6) is 11.5 Å². The van der Waals surface area contributed by atoms with E-state index in [-0.39, 0.29) is 23.6 Å². The summed E-state index contributed by atoms with van der Waals surface area (Å²) in [4.78, 5) is 24.2. The summed E-state index contributed by atoms with van der Waals surface area (Å²) in [6.45, 7) is 8.31. The van der Waals surface area contributed by atoms with Crippen molar-refractivity contribution in [3.8, 4) is 11.5 Å². The first-order chi connectivity index (χ1) is 17.9. The molecule has 0 aliphatic carbocycles. The average Bonchev–Trinajstić information content (AvgIpc) is 3.36. The summed E-state index contributed by atoms with van der Waals surface area (Å²) in [5.74, 6) is 1.46. The number of ether oxygens (including phenoxy) is 1. The number of rotatable bonds is 5. The maximum Gasteiger partial charge on any atom is 0.226 e. The Morgan fingerprint density at radius 1 is 1.11 bits per heavy atom. The second-order valence-electron chi connectivity index (χ2n) is 9.56. The van der Waals surface area contributed by atoms with Gasteiger partial charge < -0.3 is 20.3 Å². The molecular weight excluding hydrogens is 511 g/mol. The highest BCUT2D eigenvalue weighted by Crippen LogP contribution is 2.33. The van der Waals surface area contributed by atoms with E-state index in [2.05, 4.69) is 54.4 Å². The van der Waals surface area contributed by atoms with Crippen LogP contribution in [0.15, 0.2) is 49.3 Å². The van der Waals surface area contributed by atoms with Crippen LogP contribution in [0.3, 0.4) is 0 Å². The minimum atomic E-state index is -0.453. The molecule has 1 saturated heterocycles. The second-order valence-corrected chi connectivity index (χ2v) is 9.56. The average molecular weight is 537 g/mol. The van der Waals surface area contributed by atoms with Crippen molar-refractivity contribution in [1.82, 2.24) is 39.9 Å². The normalized spacial score (nSPS) is 14.9. The molecule has 196 valence electrons. The van der Waals surface area contributed by atoms with Gasteiger partial charge in [-0.15, -0.1) is 12.4 Å². The van der Waals surface area contributed by atoms with Crippen LogP contribution < -0.4 is 20.3 Å². The van der Waals surface area contributed by atoms with E-state index in [1.165, 1.54) is 12.7 Å². The van der Waals surface area contributed by atoms with E-state index in [9.17, 15) is 0 Å². The highest BCUT2D eigenvalue weighted by Gasteiger charge is 2.27. The van der Waals surface area contributed by atoms with Crippen molar-refractivity contribution in [3.63, 3.8) is 0 Å². The predicted octanol–water partition coefficient (Wildman–Crippen LogP) is 4.06. The number of pyridine rings is 1. The second kappa shape index (κ2) is 9.95. The van der Waals surface area contributed by atoms with Gasteiger partial charge in [-0.25, -0.2) is 33.8 Å². The van der Waals surface area contributed by atoms with E-state index in [1.807, 2.05) is 0 Å². The molecule has 5 aromatic rings. The number of hydrogen-bond acceptors (Lipinski definition) is 10. The van der Waals surface area contributed by atoms with E-state index in [0.29, 0.717) is 45.5 Å². The Morgan fingerprint density at radius 2 is 1.97 bits per heavy atom. The number of halogens is 2. The SMILES string of the molecule is Cc1c(Oc2ccn3ncnc3c2)ccc(Nc2ncnc3cnc(N4CCNC(C)(C)C4)nc23)c1F.Cl. The maximum atomic E-state index is 15.4. The molecule has 0 amide bonds. The summed E-state index contributed by atoms with van der Waals surface area (Å²) in [5, 5.41) is 10.6. The monoisotopic (exact) mass is 536 g/mol. The molecule has 1 aliphatic rings. The van der Waals surface area contributed by atoms with Gasteiger partial charge in [-0.1, -0.05) is 0 Å². The first-order valence-corrected chi connectivity index (χ1v) is 11.9. The third kappa shape index (κ3) is 4.87. The number of nitrogens with one attached hydrogen (secondary N) is 2. The number of nitrogens with zero attached hydrogens (tertiary/aromatic N) is 8. The van der Waals surface area contributed by atoms with Gasteiger partial charge in [0.2, 0.25) is 5.95 Å². The Labute approximate surface area is 223 Å². The molecule has 1 fully saturated rings. The Morgan fingerprint density at radius 3 is 2.82 bits per heavy atom. The molecule has 0 bridgehead atoms. The predicted molar refractivity (Wildman–Crippen MR) is 144 cm³/mol. The van der Waals surface area contributed by atoms with Gasteiger partial charge in [-0.3, -0.25) is 0 Å². The molecule has 5 heterocycles. The van der Waals surface area contributed by atoms with Gasteiger partial charge in [0.1, 0.15) is 35.2 Å². The Kier molecular flexibility index (Phi) is 6.67.